The minimum atomic E-state index is -0.0101. The van der Waals surface area contributed by atoms with Gasteiger partial charge in [0, 0.05) is 43.8 Å². The van der Waals surface area contributed by atoms with E-state index < -0.39 is 0 Å². The van der Waals surface area contributed by atoms with Crippen molar-refractivity contribution in [1.82, 2.24) is 24.8 Å². The van der Waals surface area contributed by atoms with Crippen molar-refractivity contribution < 1.29 is 9.53 Å². The van der Waals surface area contributed by atoms with Crippen LogP contribution < -0.4 is 15.0 Å². The molecule has 0 atom stereocenters. The van der Waals surface area contributed by atoms with Crippen molar-refractivity contribution in [2.24, 2.45) is 0 Å². The van der Waals surface area contributed by atoms with E-state index >= 15 is 0 Å². The first kappa shape index (κ1) is 23.2. The van der Waals surface area contributed by atoms with E-state index in [-0.39, 0.29) is 5.91 Å². The number of nitrogens with one attached hydrogen (secondary N) is 1. The van der Waals surface area contributed by atoms with Gasteiger partial charge in [0.15, 0.2) is 5.13 Å². The number of nitrogens with zero attached hydrogens (tertiary/aromatic N) is 6. The molecule has 180 valence electrons. The van der Waals surface area contributed by atoms with Crippen LogP contribution in [0.5, 0.6) is 5.88 Å². The number of carbonyl (C=O) groups excluding carboxylic acids is 1. The molecule has 11 heteroatoms. The summed E-state index contributed by atoms with van der Waals surface area (Å²) in [6, 6.07) is 7.46. The van der Waals surface area contributed by atoms with Gasteiger partial charge in [-0.3, -0.25) is 4.79 Å². The molecule has 4 aromatic heterocycles. The highest BCUT2D eigenvalue weighted by Gasteiger charge is 2.23. The molecule has 0 aliphatic carbocycles. The van der Waals surface area contributed by atoms with Crippen LogP contribution in [0.4, 0.5) is 16.6 Å². The average molecular weight is 508 g/mol. The fraction of sp³-hybridized carbons (Fsp3) is 0.292. The zero-order chi connectivity index (χ0) is 24.4. The standard InChI is InChI=1S/C24H25N7O2S2/c1-15-22(35-16(2)27-15)19-14-34-24(28-19)29-20-6-4-17(12-25-20)23(32)31-10-8-30(9-11-31)18-5-7-21(33-3)26-13-18/h4-7,12-14H,8-11H2,1-3H3,(H,25,28,29). The molecular weight excluding hydrogens is 482 g/mol. The molecule has 1 N–H and O–H groups in total. The summed E-state index contributed by atoms with van der Waals surface area (Å²) in [5, 5.41) is 7.03. The number of amides is 1. The summed E-state index contributed by atoms with van der Waals surface area (Å²) in [6.45, 7) is 6.78. The maximum absolute atomic E-state index is 13.0. The average Bonchev–Trinajstić information content (AvgIpc) is 3.49. The smallest absolute Gasteiger partial charge is 0.255 e. The van der Waals surface area contributed by atoms with Crippen molar-refractivity contribution in [1.29, 1.82) is 0 Å². The predicted molar refractivity (Wildman–Crippen MR) is 139 cm³/mol. The summed E-state index contributed by atoms with van der Waals surface area (Å²) in [5.41, 5.74) is 3.51. The van der Waals surface area contributed by atoms with Crippen LogP contribution in [0.25, 0.3) is 10.6 Å². The van der Waals surface area contributed by atoms with Gasteiger partial charge in [-0.15, -0.1) is 22.7 Å². The van der Waals surface area contributed by atoms with E-state index in [0.717, 1.165) is 45.2 Å². The van der Waals surface area contributed by atoms with E-state index in [9.17, 15) is 4.79 Å². The summed E-state index contributed by atoms with van der Waals surface area (Å²) >= 11 is 3.16. The highest BCUT2D eigenvalue weighted by atomic mass is 32.1. The number of hydrogen-bond acceptors (Lipinski definition) is 10. The van der Waals surface area contributed by atoms with Crippen molar-refractivity contribution in [3.05, 3.63) is 58.3 Å². The van der Waals surface area contributed by atoms with Crippen LogP contribution >= 0.6 is 22.7 Å². The second-order valence-electron chi connectivity index (χ2n) is 8.08. The number of aryl methyl sites for hydroxylation is 2. The van der Waals surface area contributed by atoms with Crippen LogP contribution in [0.3, 0.4) is 0 Å². The normalized spacial score (nSPS) is 13.7. The van der Waals surface area contributed by atoms with Gasteiger partial charge in [-0.05, 0) is 32.0 Å². The fourth-order valence-electron chi connectivity index (χ4n) is 3.94. The van der Waals surface area contributed by atoms with E-state index in [2.05, 4.69) is 30.2 Å². The summed E-state index contributed by atoms with van der Waals surface area (Å²) < 4.78 is 5.12. The lowest BCUT2D eigenvalue weighted by Crippen LogP contribution is -2.48. The zero-order valence-corrected chi connectivity index (χ0v) is 21.3. The number of anilines is 3. The number of pyridine rings is 2. The minimum absolute atomic E-state index is 0.0101. The van der Waals surface area contributed by atoms with Crippen molar-refractivity contribution in [2.45, 2.75) is 13.8 Å². The molecule has 5 rings (SSSR count). The molecular formula is C24H25N7O2S2. The molecule has 0 saturated carbocycles. The second-order valence-corrected chi connectivity index (χ2v) is 10.1. The third-order valence-corrected chi connectivity index (χ3v) is 7.60. The molecule has 0 bridgehead atoms. The number of rotatable bonds is 6. The van der Waals surface area contributed by atoms with Gasteiger partial charge in [0.05, 0.1) is 45.8 Å². The van der Waals surface area contributed by atoms with Crippen molar-refractivity contribution >= 4 is 45.2 Å². The van der Waals surface area contributed by atoms with E-state index in [1.165, 1.54) is 11.3 Å². The Bertz CT molecular complexity index is 1310. The SMILES string of the molecule is COc1ccc(N2CCN(C(=O)c3ccc(Nc4nc(-c5sc(C)nc5C)cs4)nc3)CC2)cn1. The van der Waals surface area contributed by atoms with Crippen LogP contribution in [-0.4, -0.2) is 64.0 Å². The van der Waals surface area contributed by atoms with Crippen LogP contribution in [0.1, 0.15) is 21.1 Å². The third kappa shape index (κ3) is 5.10. The Hall–Kier alpha value is -3.57. The Balaban J connectivity index is 1.18. The van der Waals surface area contributed by atoms with E-state index in [1.54, 1.807) is 30.8 Å². The Morgan fingerprint density at radius 3 is 2.49 bits per heavy atom. The number of thiazole rings is 2. The van der Waals surface area contributed by atoms with Gasteiger partial charge in [0.1, 0.15) is 5.82 Å². The summed E-state index contributed by atoms with van der Waals surface area (Å²) in [6.07, 6.45) is 3.42. The van der Waals surface area contributed by atoms with Gasteiger partial charge in [-0.1, -0.05) is 0 Å². The van der Waals surface area contributed by atoms with Crippen LogP contribution in [0.2, 0.25) is 0 Å². The molecule has 4 aromatic rings. The van der Waals surface area contributed by atoms with Gasteiger partial charge in [0.2, 0.25) is 5.88 Å². The molecule has 1 amide bonds. The number of carbonyl (C=O) groups is 1. The monoisotopic (exact) mass is 507 g/mol. The molecule has 0 radical (unpaired) electrons. The lowest BCUT2D eigenvalue weighted by atomic mass is 10.2. The number of ether oxygens (including phenoxy) is 1. The Morgan fingerprint density at radius 2 is 1.86 bits per heavy atom. The first-order chi connectivity index (χ1) is 17.0. The summed E-state index contributed by atoms with van der Waals surface area (Å²) in [4.78, 5) is 36.0. The Morgan fingerprint density at radius 1 is 1.03 bits per heavy atom. The molecule has 1 saturated heterocycles. The topological polar surface area (TPSA) is 96.4 Å². The van der Waals surface area contributed by atoms with Gasteiger partial charge < -0.3 is 19.9 Å². The molecule has 1 aliphatic heterocycles. The third-order valence-electron chi connectivity index (χ3n) is 5.75. The lowest BCUT2D eigenvalue weighted by Gasteiger charge is -2.36. The van der Waals surface area contributed by atoms with E-state index in [0.29, 0.717) is 30.4 Å². The zero-order valence-electron chi connectivity index (χ0n) is 19.7. The van der Waals surface area contributed by atoms with Gasteiger partial charge in [-0.25, -0.2) is 19.9 Å². The fourth-order valence-corrected chi connectivity index (χ4v) is 5.60. The predicted octanol–water partition coefficient (Wildman–Crippen LogP) is 4.39. The van der Waals surface area contributed by atoms with Crippen LogP contribution in [-0.2, 0) is 0 Å². The Kier molecular flexibility index (Phi) is 6.60. The number of hydrogen-bond donors (Lipinski definition) is 1. The van der Waals surface area contributed by atoms with Crippen molar-refractivity contribution in [3.8, 4) is 16.5 Å². The van der Waals surface area contributed by atoms with Crippen molar-refractivity contribution in [3.63, 3.8) is 0 Å². The molecule has 9 nitrogen and oxygen atoms in total. The van der Waals surface area contributed by atoms with Crippen LogP contribution in [0.15, 0.2) is 42.0 Å². The maximum Gasteiger partial charge on any atom is 0.255 e. The largest absolute Gasteiger partial charge is 0.481 e. The number of piperazine rings is 1. The molecule has 35 heavy (non-hydrogen) atoms. The molecule has 5 heterocycles. The first-order valence-corrected chi connectivity index (χ1v) is 12.9. The Labute approximate surface area is 211 Å². The van der Waals surface area contributed by atoms with Gasteiger partial charge >= 0.3 is 0 Å². The lowest BCUT2D eigenvalue weighted by molar-refractivity contribution is 0.0746. The quantitative estimate of drug-likeness (QED) is 0.411. The summed E-state index contributed by atoms with van der Waals surface area (Å²) in [5.74, 6) is 1.23. The van der Waals surface area contributed by atoms with E-state index in [1.807, 2.05) is 48.4 Å². The highest BCUT2D eigenvalue weighted by Crippen LogP contribution is 2.32. The molecule has 0 spiro atoms. The van der Waals surface area contributed by atoms with E-state index in [4.69, 9.17) is 4.74 Å². The van der Waals surface area contributed by atoms with Gasteiger partial charge in [-0.2, -0.15) is 0 Å². The van der Waals surface area contributed by atoms with Crippen LogP contribution in [0, 0.1) is 13.8 Å². The molecule has 0 unspecified atom stereocenters. The first-order valence-electron chi connectivity index (χ1n) is 11.2. The minimum Gasteiger partial charge on any atom is -0.481 e. The second kappa shape index (κ2) is 9.96. The molecule has 0 aromatic carbocycles. The summed E-state index contributed by atoms with van der Waals surface area (Å²) in [7, 11) is 1.60. The van der Waals surface area contributed by atoms with Gasteiger partial charge in [0.25, 0.3) is 5.91 Å². The number of methoxy groups -OCH3 is 1. The number of aromatic nitrogens is 4. The molecule has 1 aliphatic rings. The van der Waals surface area contributed by atoms with Crippen molar-refractivity contribution in [2.75, 3.05) is 43.5 Å². The molecule has 1 fully saturated rings. The maximum atomic E-state index is 13.0. The highest BCUT2D eigenvalue weighted by molar-refractivity contribution is 7.16.